The van der Waals surface area contributed by atoms with Crippen LogP contribution < -0.4 is 10.1 Å². The van der Waals surface area contributed by atoms with Gasteiger partial charge >= 0.3 is 11.7 Å². The van der Waals surface area contributed by atoms with Crippen molar-refractivity contribution in [3.8, 4) is 17.9 Å². The summed E-state index contributed by atoms with van der Waals surface area (Å²) in [6.07, 6.45) is -4.84. The normalized spacial score (nSPS) is 13.8. The smallest absolute Gasteiger partial charge is 0.489 e. The SMILES string of the molecule is CC(C#N)(COc1cc(C#N)ccc1C(F)(F)F)NC(=O)c1ccc(S(=O)(=O)C(F)(F)F)cc1. The Kier molecular flexibility index (Phi) is 7.18. The number of nitrogens with zero attached hydrogens (tertiary/aromatic N) is 2. The number of ether oxygens (including phenoxy) is 1. The summed E-state index contributed by atoms with van der Waals surface area (Å²) < 4.78 is 105. The second-order valence-electron chi connectivity index (χ2n) is 6.98. The number of rotatable bonds is 6. The van der Waals surface area contributed by atoms with Crippen molar-refractivity contribution in [2.75, 3.05) is 6.61 Å². The Morgan fingerprint density at radius 2 is 1.62 bits per heavy atom. The van der Waals surface area contributed by atoms with Gasteiger partial charge in [0.05, 0.1) is 28.2 Å². The van der Waals surface area contributed by atoms with Gasteiger partial charge in [-0.1, -0.05) is 0 Å². The molecule has 14 heteroatoms. The number of sulfone groups is 1. The van der Waals surface area contributed by atoms with Crippen molar-refractivity contribution in [1.29, 1.82) is 10.5 Å². The standard InChI is InChI=1S/C20H13F6N3O4S/c1-18(10-28,11-33-16-8-12(9-27)2-7-15(16)19(21,22)23)29-17(30)13-3-5-14(6-4-13)34(31,32)20(24,25)26/h2-8H,11H2,1H3,(H,29,30). The Hall–Kier alpha value is -3.78. The van der Waals surface area contributed by atoms with Crippen LogP contribution in [0.15, 0.2) is 47.4 Å². The van der Waals surface area contributed by atoms with E-state index >= 15 is 0 Å². The lowest BCUT2D eigenvalue weighted by atomic mass is 10.0. The molecule has 0 saturated heterocycles. The molecule has 0 spiro atoms. The van der Waals surface area contributed by atoms with Crippen molar-refractivity contribution >= 4 is 15.7 Å². The van der Waals surface area contributed by atoms with Crippen LogP contribution in [0.1, 0.15) is 28.4 Å². The van der Waals surface area contributed by atoms with Crippen LogP contribution in [0.5, 0.6) is 5.75 Å². The Labute approximate surface area is 189 Å². The molecular formula is C20H13F6N3O4S. The van der Waals surface area contributed by atoms with E-state index in [2.05, 4.69) is 5.32 Å². The maximum Gasteiger partial charge on any atom is 0.501 e. The first-order chi connectivity index (χ1) is 15.5. The maximum atomic E-state index is 13.2. The topological polar surface area (TPSA) is 120 Å². The third-order valence-electron chi connectivity index (χ3n) is 4.30. The van der Waals surface area contributed by atoms with Gasteiger partial charge in [0.15, 0.2) is 5.54 Å². The van der Waals surface area contributed by atoms with E-state index in [0.717, 1.165) is 31.2 Å². The fourth-order valence-electron chi connectivity index (χ4n) is 2.51. The van der Waals surface area contributed by atoms with Crippen molar-refractivity contribution in [3.63, 3.8) is 0 Å². The number of halogens is 6. The fraction of sp³-hybridized carbons (Fsp3) is 0.250. The number of nitrogens with one attached hydrogen (secondary N) is 1. The van der Waals surface area contributed by atoms with Gasteiger partial charge in [0.25, 0.3) is 15.7 Å². The average Bonchev–Trinajstić information content (AvgIpc) is 2.76. The van der Waals surface area contributed by atoms with Crippen molar-refractivity contribution < 1.29 is 44.3 Å². The molecule has 34 heavy (non-hydrogen) atoms. The molecule has 0 radical (unpaired) electrons. The van der Waals surface area contributed by atoms with Gasteiger partial charge in [0, 0.05) is 5.56 Å². The molecule has 0 bridgehead atoms. The van der Waals surface area contributed by atoms with Crippen LogP contribution in [-0.4, -0.2) is 32.0 Å². The zero-order valence-corrected chi connectivity index (χ0v) is 17.8. The number of alkyl halides is 6. The summed E-state index contributed by atoms with van der Waals surface area (Å²) in [7, 11) is -5.64. The van der Waals surface area contributed by atoms with E-state index in [4.69, 9.17) is 10.00 Å². The first-order valence-corrected chi connectivity index (χ1v) is 10.4. The Balaban J connectivity index is 2.23. The molecule has 2 aromatic rings. The summed E-state index contributed by atoms with van der Waals surface area (Å²) in [5.41, 5.74) is -9.17. The van der Waals surface area contributed by atoms with Crippen LogP contribution in [0.2, 0.25) is 0 Å². The van der Waals surface area contributed by atoms with E-state index in [9.17, 15) is 44.8 Å². The van der Waals surface area contributed by atoms with Crippen LogP contribution in [-0.2, 0) is 16.0 Å². The number of nitriles is 2. The highest BCUT2D eigenvalue weighted by molar-refractivity contribution is 7.92. The van der Waals surface area contributed by atoms with Gasteiger partial charge in [-0.05, 0) is 49.4 Å². The summed E-state index contributed by atoms with van der Waals surface area (Å²) in [4.78, 5) is 11.3. The predicted molar refractivity (Wildman–Crippen MR) is 103 cm³/mol. The molecule has 1 unspecified atom stereocenters. The summed E-state index contributed by atoms with van der Waals surface area (Å²) in [6.45, 7) is 0.308. The number of hydrogen-bond donors (Lipinski definition) is 1. The fourth-order valence-corrected chi connectivity index (χ4v) is 3.27. The van der Waals surface area contributed by atoms with Crippen LogP contribution in [0.3, 0.4) is 0 Å². The van der Waals surface area contributed by atoms with Gasteiger partial charge in [-0.25, -0.2) is 8.42 Å². The molecule has 180 valence electrons. The van der Waals surface area contributed by atoms with E-state index in [0.29, 0.717) is 18.2 Å². The summed E-state index contributed by atoms with van der Waals surface area (Å²) in [6, 6.07) is 8.25. The minimum Gasteiger partial charge on any atom is -0.489 e. The molecule has 2 rings (SSSR count). The molecule has 0 aliphatic carbocycles. The third-order valence-corrected chi connectivity index (χ3v) is 5.80. The van der Waals surface area contributed by atoms with Crippen LogP contribution >= 0.6 is 0 Å². The molecule has 1 atom stereocenters. The average molecular weight is 505 g/mol. The van der Waals surface area contributed by atoms with Gasteiger partial charge in [-0.2, -0.15) is 36.9 Å². The quantitative estimate of drug-likeness (QED) is 0.594. The molecule has 0 aliphatic heterocycles. The zero-order valence-electron chi connectivity index (χ0n) is 17.0. The van der Waals surface area contributed by atoms with Crippen LogP contribution in [0.25, 0.3) is 0 Å². The minimum atomic E-state index is -5.64. The Morgan fingerprint density at radius 1 is 1.03 bits per heavy atom. The Morgan fingerprint density at radius 3 is 2.09 bits per heavy atom. The molecule has 0 aliphatic rings. The third kappa shape index (κ3) is 5.77. The number of amides is 1. The first-order valence-electron chi connectivity index (χ1n) is 8.93. The van der Waals surface area contributed by atoms with E-state index in [1.165, 1.54) is 0 Å². The highest BCUT2D eigenvalue weighted by atomic mass is 32.2. The number of carbonyl (C=O) groups excluding carboxylic acids is 1. The maximum absolute atomic E-state index is 13.2. The lowest BCUT2D eigenvalue weighted by molar-refractivity contribution is -0.139. The van der Waals surface area contributed by atoms with Gasteiger partial charge < -0.3 is 10.1 Å². The second kappa shape index (κ2) is 9.23. The minimum absolute atomic E-state index is 0.153. The second-order valence-corrected chi connectivity index (χ2v) is 8.92. The predicted octanol–water partition coefficient (Wildman–Crippen LogP) is 3.96. The molecule has 2 aromatic carbocycles. The first kappa shape index (κ1) is 26.5. The lowest BCUT2D eigenvalue weighted by Gasteiger charge is -2.24. The van der Waals surface area contributed by atoms with E-state index < -0.39 is 55.8 Å². The molecule has 1 amide bonds. The van der Waals surface area contributed by atoms with Gasteiger partial charge in [-0.3, -0.25) is 4.79 Å². The van der Waals surface area contributed by atoms with Crippen molar-refractivity contribution in [3.05, 3.63) is 59.2 Å². The van der Waals surface area contributed by atoms with Gasteiger partial charge in [-0.15, -0.1) is 0 Å². The van der Waals surface area contributed by atoms with Crippen molar-refractivity contribution in [2.45, 2.75) is 29.0 Å². The highest BCUT2D eigenvalue weighted by Gasteiger charge is 2.46. The van der Waals surface area contributed by atoms with E-state index in [1.807, 2.05) is 0 Å². The Bertz CT molecular complexity index is 1280. The van der Waals surface area contributed by atoms with Gasteiger partial charge in [0.2, 0.25) is 0 Å². The van der Waals surface area contributed by atoms with Crippen molar-refractivity contribution in [2.24, 2.45) is 0 Å². The zero-order chi connectivity index (χ0) is 25.9. The van der Waals surface area contributed by atoms with Gasteiger partial charge in [0.1, 0.15) is 12.4 Å². The van der Waals surface area contributed by atoms with Crippen molar-refractivity contribution in [1.82, 2.24) is 5.32 Å². The molecule has 7 nitrogen and oxygen atoms in total. The number of benzene rings is 2. The van der Waals surface area contributed by atoms with Crippen LogP contribution in [0, 0.1) is 22.7 Å². The largest absolute Gasteiger partial charge is 0.501 e. The summed E-state index contributed by atoms with van der Waals surface area (Å²) >= 11 is 0. The van der Waals surface area contributed by atoms with Crippen LogP contribution in [0.4, 0.5) is 26.3 Å². The molecular weight excluding hydrogens is 492 g/mol. The molecule has 0 saturated carbocycles. The lowest BCUT2D eigenvalue weighted by Crippen LogP contribution is -2.49. The van der Waals surface area contributed by atoms with E-state index in [1.54, 1.807) is 12.1 Å². The van der Waals surface area contributed by atoms with E-state index in [-0.39, 0.29) is 11.1 Å². The highest BCUT2D eigenvalue weighted by Crippen LogP contribution is 2.37. The number of carbonyl (C=O) groups is 1. The molecule has 0 aromatic heterocycles. The summed E-state index contributed by atoms with van der Waals surface area (Å²) in [5, 5.41) is 20.5. The molecule has 0 fully saturated rings. The monoisotopic (exact) mass is 505 g/mol. The number of hydrogen-bond acceptors (Lipinski definition) is 6. The molecule has 0 heterocycles. The summed E-state index contributed by atoms with van der Waals surface area (Å²) in [5.74, 6) is -1.80. The molecule has 1 N–H and O–H groups in total.